The van der Waals surface area contributed by atoms with E-state index in [4.69, 9.17) is 0 Å². The zero-order valence-electron chi connectivity index (χ0n) is 17.8. The average molecular weight is 434 g/mol. The Morgan fingerprint density at radius 2 is 1.75 bits per heavy atom. The van der Waals surface area contributed by atoms with E-state index in [2.05, 4.69) is 15.5 Å². The number of non-ortho nitro benzene ring substituents is 1. The molecule has 1 aliphatic heterocycles. The lowest BCUT2D eigenvalue weighted by molar-refractivity contribution is -0.384. The first-order valence-corrected chi connectivity index (χ1v) is 10.9. The number of nitro benzene ring substituents is 1. The quantitative estimate of drug-likeness (QED) is 0.387. The van der Waals surface area contributed by atoms with E-state index in [9.17, 15) is 19.7 Å². The van der Waals surface area contributed by atoms with Crippen molar-refractivity contribution < 1.29 is 14.5 Å². The number of piperidine rings is 1. The molecule has 1 saturated heterocycles. The van der Waals surface area contributed by atoms with E-state index in [0.717, 1.165) is 44.5 Å². The zero-order chi connectivity index (χ0) is 22.5. The second-order valence-electron chi connectivity index (χ2n) is 8.20. The number of hydrogen-bond acceptors (Lipinski definition) is 5. The molecule has 0 atom stereocenters. The SMILES string of the molecule is O=C(/C=C/c1ccc([N+](=O)[O-])cc1)Nc1ccc(N2CCCCC2)c(C(=O)NC2CC2)c1. The number of nitrogens with one attached hydrogen (secondary N) is 2. The number of anilines is 2. The van der Waals surface area contributed by atoms with E-state index < -0.39 is 4.92 Å². The molecular formula is C24H26N4O4. The van der Waals surface area contributed by atoms with Crippen molar-refractivity contribution >= 4 is 35.0 Å². The molecular weight excluding hydrogens is 408 g/mol. The smallest absolute Gasteiger partial charge is 0.269 e. The third kappa shape index (κ3) is 5.51. The Morgan fingerprint density at radius 3 is 2.41 bits per heavy atom. The molecule has 8 heteroatoms. The molecule has 2 aromatic carbocycles. The average Bonchev–Trinajstić information content (AvgIpc) is 3.62. The summed E-state index contributed by atoms with van der Waals surface area (Å²) in [5.74, 6) is -0.451. The fourth-order valence-electron chi connectivity index (χ4n) is 3.76. The molecule has 0 spiro atoms. The second kappa shape index (κ2) is 9.64. The van der Waals surface area contributed by atoms with Crippen molar-refractivity contribution in [2.75, 3.05) is 23.3 Å². The maximum absolute atomic E-state index is 12.9. The number of nitrogens with zero attached hydrogens (tertiary/aromatic N) is 2. The molecule has 166 valence electrons. The van der Waals surface area contributed by atoms with Crippen LogP contribution >= 0.6 is 0 Å². The Balaban J connectivity index is 1.47. The molecule has 32 heavy (non-hydrogen) atoms. The van der Waals surface area contributed by atoms with Gasteiger partial charge in [-0.05, 0) is 74.1 Å². The van der Waals surface area contributed by atoms with Crippen molar-refractivity contribution in [3.05, 3.63) is 69.8 Å². The van der Waals surface area contributed by atoms with Crippen LogP contribution in [0.25, 0.3) is 6.08 Å². The third-order valence-corrected chi connectivity index (χ3v) is 5.65. The summed E-state index contributed by atoms with van der Waals surface area (Å²) < 4.78 is 0. The monoisotopic (exact) mass is 434 g/mol. The van der Waals surface area contributed by atoms with Gasteiger partial charge in [0.05, 0.1) is 10.5 Å². The number of carbonyl (C=O) groups excluding carboxylic acids is 2. The minimum Gasteiger partial charge on any atom is -0.371 e. The van der Waals surface area contributed by atoms with Crippen molar-refractivity contribution in [1.82, 2.24) is 5.32 Å². The van der Waals surface area contributed by atoms with E-state index in [0.29, 0.717) is 16.8 Å². The van der Waals surface area contributed by atoms with Gasteiger partial charge in [0.1, 0.15) is 0 Å². The summed E-state index contributed by atoms with van der Waals surface area (Å²) in [7, 11) is 0. The normalized spacial score (nSPS) is 16.1. The Bertz CT molecular complexity index is 1040. The lowest BCUT2D eigenvalue weighted by Crippen LogP contribution is -2.33. The van der Waals surface area contributed by atoms with Crippen molar-refractivity contribution in [3.8, 4) is 0 Å². The zero-order valence-corrected chi connectivity index (χ0v) is 17.8. The van der Waals surface area contributed by atoms with E-state index in [1.165, 1.54) is 24.6 Å². The highest BCUT2D eigenvalue weighted by molar-refractivity contribution is 6.05. The van der Waals surface area contributed by atoms with E-state index in [-0.39, 0.29) is 23.5 Å². The maximum atomic E-state index is 12.9. The van der Waals surface area contributed by atoms with Gasteiger partial charge in [-0.1, -0.05) is 0 Å². The van der Waals surface area contributed by atoms with Crippen LogP contribution < -0.4 is 15.5 Å². The summed E-state index contributed by atoms with van der Waals surface area (Å²) in [4.78, 5) is 37.8. The third-order valence-electron chi connectivity index (χ3n) is 5.65. The van der Waals surface area contributed by atoms with Gasteiger partial charge in [-0.2, -0.15) is 0 Å². The van der Waals surface area contributed by atoms with Gasteiger partial charge in [-0.3, -0.25) is 19.7 Å². The van der Waals surface area contributed by atoms with Gasteiger partial charge in [-0.15, -0.1) is 0 Å². The number of rotatable bonds is 7. The van der Waals surface area contributed by atoms with Crippen LogP contribution in [0.1, 0.15) is 48.0 Å². The molecule has 1 aliphatic carbocycles. The van der Waals surface area contributed by atoms with Crippen LogP contribution in [0.2, 0.25) is 0 Å². The van der Waals surface area contributed by atoms with Gasteiger partial charge in [0.2, 0.25) is 5.91 Å². The lowest BCUT2D eigenvalue weighted by atomic mass is 10.1. The summed E-state index contributed by atoms with van der Waals surface area (Å²) in [6.07, 6.45) is 8.38. The molecule has 0 radical (unpaired) electrons. The fraction of sp³-hybridized carbons (Fsp3) is 0.333. The van der Waals surface area contributed by atoms with Crippen LogP contribution in [0.15, 0.2) is 48.5 Å². The molecule has 1 heterocycles. The number of benzene rings is 2. The standard InChI is InChI=1S/C24H26N4O4/c29-23(13-6-17-4-10-20(11-5-17)28(31)32)25-19-9-12-22(27-14-2-1-3-15-27)21(16-19)24(30)26-18-7-8-18/h4-6,9-13,16,18H,1-3,7-8,14-15H2,(H,25,29)(H,26,30)/b13-6+. The maximum Gasteiger partial charge on any atom is 0.269 e. The van der Waals surface area contributed by atoms with Crippen LogP contribution in [0.3, 0.4) is 0 Å². The van der Waals surface area contributed by atoms with Gasteiger partial charge in [0, 0.05) is 48.7 Å². The van der Waals surface area contributed by atoms with E-state index >= 15 is 0 Å². The topological polar surface area (TPSA) is 105 Å². The molecule has 4 rings (SSSR count). The Morgan fingerprint density at radius 1 is 1.03 bits per heavy atom. The van der Waals surface area contributed by atoms with Crippen LogP contribution in [0.5, 0.6) is 0 Å². The van der Waals surface area contributed by atoms with Crippen LogP contribution in [-0.2, 0) is 4.79 Å². The summed E-state index contributed by atoms with van der Waals surface area (Å²) in [6, 6.07) is 11.6. The summed E-state index contributed by atoms with van der Waals surface area (Å²) in [6.45, 7) is 1.85. The molecule has 2 amide bonds. The van der Waals surface area contributed by atoms with E-state index in [1.54, 1.807) is 24.3 Å². The Hall–Kier alpha value is -3.68. The van der Waals surface area contributed by atoms with Crippen LogP contribution in [0, 0.1) is 10.1 Å². The summed E-state index contributed by atoms with van der Waals surface area (Å²) in [5.41, 5.74) is 2.70. The van der Waals surface area contributed by atoms with Gasteiger partial charge >= 0.3 is 0 Å². The highest BCUT2D eigenvalue weighted by atomic mass is 16.6. The molecule has 2 fully saturated rings. The largest absolute Gasteiger partial charge is 0.371 e. The minimum absolute atomic E-state index is 0.00241. The van der Waals surface area contributed by atoms with Crippen molar-refractivity contribution in [2.45, 2.75) is 38.1 Å². The Labute approximate surface area is 186 Å². The highest BCUT2D eigenvalue weighted by Crippen LogP contribution is 2.28. The number of nitro groups is 1. The van der Waals surface area contributed by atoms with Gasteiger partial charge < -0.3 is 15.5 Å². The molecule has 8 nitrogen and oxygen atoms in total. The molecule has 0 aromatic heterocycles. The van der Waals surface area contributed by atoms with Crippen LogP contribution in [0.4, 0.5) is 17.1 Å². The van der Waals surface area contributed by atoms with Gasteiger partial charge in [0.15, 0.2) is 0 Å². The molecule has 2 aliphatic rings. The molecule has 1 saturated carbocycles. The van der Waals surface area contributed by atoms with Crippen molar-refractivity contribution in [3.63, 3.8) is 0 Å². The van der Waals surface area contributed by atoms with Crippen molar-refractivity contribution in [1.29, 1.82) is 0 Å². The van der Waals surface area contributed by atoms with Crippen molar-refractivity contribution in [2.24, 2.45) is 0 Å². The molecule has 2 aromatic rings. The first-order valence-electron chi connectivity index (χ1n) is 10.9. The summed E-state index contributed by atoms with van der Waals surface area (Å²) >= 11 is 0. The predicted octanol–water partition coefficient (Wildman–Crippen LogP) is 4.13. The first kappa shape index (κ1) is 21.5. The number of amides is 2. The second-order valence-corrected chi connectivity index (χ2v) is 8.20. The Kier molecular flexibility index (Phi) is 6.49. The van der Waals surface area contributed by atoms with E-state index in [1.807, 2.05) is 12.1 Å². The first-order chi connectivity index (χ1) is 15.5. The molecule has 0 bridgehead atoms. The summed E-state index contributed by atoms with van der Waals surface area (Å²) in [5, 5.41) is 16.6. The molecule has 2 N–H and O–H groups in total. The number of hydrogen-bond donors (Lipinski definition) is 2. The highest BCUT2D eigenvalue weighted by Gasteiger charge is 2.26. The van der Waals surface area contributed by atoms with Gasteiger partial charge in [0.25, 0.3) is 11.6 Å². The molecule has 0 unspecified atom stereocenters. The number of carbonyl (C=O) groups is 2. The lowest BCUT2D eigenvalue weighted by Gasteiger charge is -2.30. The predicted molar refractivity (Wildman–Crippen MR) is 124 cm³/mol. The fourth-order valence-corrected chi connectivity index (χ4v) is 3.76. The van der Waals surface area contributed by atoms with Crippen LogP contribution in [-0.4, -0.2) is 35.9 Å². The minimum atomic E-state index is -0.468. The van der Waals surface area contributed by atoms with Gasteiger partial charge in [-0.25, -0.2) is 0 Å².